The van der Waals surface area contributed by atoms with Gasteiger partial charge in [0.15, 0.2) is 0 Å². The highest BCUT2D eigenvalue weighted by Crippen LogP contribution is 2.59. The summed E-state index contributed by atoms with van der Waals surface area (Å²) < 4.78 is 0. The summed E-state index contributed by atoms with van der Waals surface area (Å²) in [6.45, 7) is 0. The first-order chi connectivity index (χ1) is 27.8. The molecule has 9 aromatic carbocycles. The maximum atomic E-state index is 2.57. The van der Waals surface area contributed by atoms with Gasteiger partial charge in [0.25, 0.3) is 0 Å². The molecule has 0 nitrogen and oxygen atoms in total. The van der Waals surface area contributed by atoms with Crippen LogP contribution in [0.15, 0.2) is 224 Å². The topological polar surface area (TPSA) is 0 Å². The molecule has 11 rings (SSSR count). The van der Waals surface area contributed by atoms with E-state index in [1.165, 1.54) is 94.6 Å². The van der Waals surface area contributed by atoms with Gasteiger partial charge in [-0.1, -0.05) is 200 Å². The first-order valence-electron chi connectivity index (χ1n) is 19.6. The molecule has 2 aliphatic rings. The molecule has 56 heavy (non-hydrogen) atoms. The molecule has 0 amide bonds. The lowest BCUT2D eigenvalue weighted by Crippen LogP contribution is -2.28. The van der Waals surface area contributed by atoms with E-state index in [9.17, 15) is 0 Å². The highest BCUT2D eigenvalue weighted by atomic mass is 14.5. The maximum absolute atomic E-state index is 2.57. The van der Waals surface area contributed by atoms with Crippen LogP contribution in [0.3, 0.4) is 0 Å². The third-order valence-electron chi connectivity index (χ3n) is 12.2. The molecule has 0 heterocycles. The molecule has 1 unspecified atom stereocenters. The predicted molar refractivity (Wildman–Crippen MR) is 233 cm³/mol. The van der Waals surface area contributed by atoms with Crippen LogP contribution in [0.1, 0.15) is 44.9 Å². The number of hydrogen-bond donors (Lipinski definition) is 0. The Morgan fingerprint density at radius 3 is 1.30 bits per heavy atom. The number of hydrogen-bond acceptors (Lipinski definition) is 0. The van der Waals surface area contributed by atoms with Crippen LogP contribution in [0.2, 0.25) is 0 Å². The van der Waals surface area contributed by atoms with Gasteiger partial charge in [0.1, 0.15) is 0 Å². The minimum Gasteiger partial charge on any atom is -0.0622 e. The Hall–Kier alpha value is -7.02. The van der Waals surface area contributed by atoms with Crippen molar-refractivity contribution in [2.24, 2.45) is 0 Å². The number of rotatable bonds is 6. The second kappa shape index (κ2) is 13.1. The maximum Gasteiger partial charge on any atom is 0.0713 e. The van der Waals surface area contributed by atoms with Crippen molar-refractivity contribution < 1.29 is 0 Å². The zero-order chi connectivity index (χ0) is 37.1. The zero-order valence-electron chi connectivity index (χ0n) is 30.9. The average molecular weight is 711 g/mol. The highest BCUT2D eigenvalue weighted by molar-refractivity contribution is 5.93. The lowest BCUT2D eigenvalue weighted by Gasteiger charge is -2.34. The van der Waals surface area contributed by atoms with Crippen LogP contribution in [0.4, 0.5) is 0 Å². The van der Waals surface area contributed by atoms with Crippen LogP contribution in [0.5, 0.6) is 0 Å². The quantitative estimate of drug-likeness (QED) is 0.161. The molecule has 0 fully saturated rings. The summed E-state index contributed by atoms with van der Waals surface area (Å²) in [6, 6.07) is 83.3. The average Bonchev–Trinajstić information content (AvgIpc) is 3.76. The Morgan fingerprint density at radius 2 is 0.732 bits per heavy atom. The van der Waals surface area contributed by atoms with Crippen LogP contribution in [-0.4, -0.2) is 0 Å². The summed E-state index contributed by atoms with van der Waals surface area (Å²) in [5.41, 5.74) is 21.5. The van der Waals surface area contributed by atoms with E-state index in [-0.39, 0.29) is 5.92 Å². The fourth-order valence-corrected chi connectivity index (χ4v) is 9.75. The summed E-state index contributed by atoms with van der Waals surface area (Å²) in [4.78, 5) is 0. The molecule has 0 radical (unpaired) electrons. The van der Waals surface area contributed by atoms with Crippen molar-refractivity contribution in [1.82, 2.24) is 0 Å². The Kier molecular flexibility index (Phi) is 7.57. The molecule has 0 aromatic heterocycles. The second-order valence-electron chi connectivity index (χ2n) is 15.2. The van der Waals surface area contributed by atoms with Crippen molar-refractivity contribution in [3.05, 3.63) is 263 Å². The van der Waals surface area contributed by atoms with Gasteiger partial charge in [0, 0.05) is 5.92 Å². The van der Waals surface area contributed by atoms with E-state index < -0.39 is 5.41 Å². The molecular formula is C56H38. The summed E-state index contributed by atoms with van der Waals surface area (Å²) in [5, 5.41) is 0. The van der Waals surface area contributed by atoms with Gasteiger partial charge in [0.05, 0.1) is 5.41 Å². The van der Waals surface area contributed by atoms with Crippen molar-refractivity contribution in [2.75, 3.05) is 0 Å². The number of benzene rings is 9. The monoisotopic (exact) mass is 710 g/mol. The van der Waals surface area contributed by atoms with E-state index in [1.54, 1.807) is 0 Å². The van der Waals surface area contributed by atoms with Crippen LogP contribution < -0.4 is 0 Å². The zero-order valence-corrected chi connectivity index (χ0v) is 30.9. The molecule has 0 saturated heterocycles. The van der Waals surface area contributed by atoms with E-state index in [0.29, 0.717) is 0 Å². The fraction of sp³-hybridized carbons (Fsp3) is 0.0357. The van der Waals surface area contributed by atoms with E-state index >= 15 is 0 Å². The normalized spacial score (nSPS) is 14.4. The standard InChI is InChI=1S/C56H38/c1-5-17-38(18-6-1)42-33-43(39-19-7-2-8-20-39)35-44(34-42)40-29-31-41(32-30-40)55-49-27-14-13-25-47(49)50-36-51-48-26-15-16-28-53(48)56(54(51)37-52(50)55,45-21-9-3-10-22-45)46-23-11-4-12-24-46/h1-37,55H. The second-order valence-corrected chi connectivity index (χ2v) is 15.2. The van der Waals surface area contributed by atoms with Crippen molar-refractivity contribution in [3.63, 3.8) is 0 Å². The van der Waals surface area contributed by atoms with Crippen molar-refractivity contribution in [2.45, 2.75) is 11.3 Å². The Bertz CT molecular complexity index is 2770. The van der Waals surface area contributed by atoms with Crippen molar-refractivity contribution in [1.29, 1.82) is 0 Å². The summed E-state index contributed by atoms with van der Waals surface area (Å²) in [6.07, 6.45) is 0. The largest absolute Gasteiger partial charge is 0.0713 e. The van der Waals surface area contributed by atoms with Crippen LogP contribution in [-0.2, 0) is 5.41 Å². The molecule has 9 aromatic rings. The van der Waals surface area contributed by atoms with Crippen LogP contribution in [0.25, 0.3) is 55.6 Å². The predicted octanol–water partition coefficient (Wildman–Crippen LogP) is 14.2. The molecule has 0 bridgehead atoms. The molecule has 2 aliphatic carbocycles. The third kappa shape index (κ3) is 5.00. The Balaban J connectivity index is 1.08. The molecule has 0 saturated carbocycles. The van der Waals surface area contributed by atoms with Crippen LogP contribution >= 0.6 is 0 Å². The fourth-order valence-electron chi connectivity index (χ4n) is 9.75. The minimum absolute atomic E-state index is 0.115. The van der Waals surface area contributed by atoms with E-state index in [1.807, 2.05) is 0 Å². The van der Waals surface area contributed by atoms with Gasteiger partial charge in [-0.25, -0.2) is 0 Å². The van der Waals surface area contributed by atoms with Crippen molar-refractivity contribution >= 4 is 0 Å². The molecule has 262 valence electrons. The van der Waals surface area contributed by atoms with E-state index in [2.05, 4.69) is 224 Å². The highest BCUT2D eigenvalue weighted by Gasteiger charge is 2.47. The van der Waals surface area contributed by atoms with Gasteiger partial charge in [-0.05, 0) is 119 Å². The van der Waals surface area contributed by atoms with Gasteiger partial charge in [0.2, 0.25) is 0 Å². The molecule has 0 N–H and O–H groups in total. The SMILES string of the molecule is c1ccc(-c2cc(-c3ccccc3)cc(-c3ccc(C4c5ccccc5-c5cc6c(cc54)C(c4ccccc4)(c4ccccc4)c4ccccc4-6)cc3)c2)cc1. The third-order valence-corrected chi connectivity index (χ3v) is 12.2. The lowest BCUT2D eigenvalue weighted by molar-refractivity contribution is 0.766. The molecule has 0 spiro atoms. The van der Waals surface area contributed by atoms with Gasteiger partial charge in [-0.15, -0.1) is 0 Å². The first-order valence-corrected chi connectivity index (χ1v) is 19.6. The van der Waals surface area contributed by atoms with Gasteiger partial charge >= 0.3 is 0 Å². The van der Waals surface area contributed by atoms with Gasteiger partial charge in [-0.3, -0.25) is 0 Å². The van der Waals surface area contributed by atoms with Crippen LogP contribution in [0, 0.1) is 0 Å². The lowest BCUT2D eigenvalue weighted by atomic mass is 9.67. The van der Waals surface area contributed by atoms with Crippen molar-refractivity contribution in [3.8, 4) is 55.6 Å². The van der Waals surface area contributed by atoms with E-state index in [0.717, 1.165) is 0 Å². The summed E-state index contributed by atoms with van der Waals surface area (Å²) in [7, 11) is 0. The Morgan fingerprint density at radius 1 is 0.268 bits per heavy atom. The summed E-state index contributed by atoms with van der Waals surface area (Å²) >= 11 is 0. The molecule has 1 atom stereocenters. The number of fused-ring (bicyclic) bond motifs is 6. The minimum atomic E-state index is -0.438. The Labute approximate surface area is 329 Å². The summed E-state index contributed by atoms with van der Waals surface area (Å²) in [5.74, 6) is 0.115. The smallest absolute Gasteiger partial charge is 0.0622 e. The molecular weight excluding hydrogens is 673 g/mol. The van der Waals surface area contributed by atoms with E-state index in [4.69, 9.17) is 0 Å². The van der Waals surface area contributed by atoms with Gasteiger partial charge < -0.3 is 0 Å². The molecule has 0 heteroatoms. The van der Waals surface area contributed by atoms with Gasteiger partial charge in [-0.2, -0.15) is 0 Å². The first kappa shape index (κ1) is 32.4. The molecule has 0 aliphatic heterocycles.